The van der Waals surface area contributed by atoms with Crippen molar-refractivity contribution in [2.75, 3.05) is 20.1 Å². The Labute approximate surface area is 138 Å². The topological polar surface area (TPSA) is 65.5 Å². The second-order valence-corrected chi connectivity index (χ2v) is 5.62. The van der Waals surface area contributed by atoms with Crippen LogP contribution in [0.15, 0.2) is 29.3 Å². The van der Waals surface area contributed by atoms with E-state index in [4.69, 9.17) is 0 Å². The van der Waals surface area contributed by atoms with E-state index < -0.39 is 11.7 Å². The van der Waals surface area contributed by atoms with Gasteiger partial charge in [0.2, 0.25) is 5.91 Å². The highest BCUT2D eigenvalue weighted by atomic mass is 19.4. The lowest BCUT2D eigenvalue weighted by Gasteiger charge is -2.13. The van der Waals surface area contributed by atoms with Crippen LogP contribution in [0, 0.1) is 5.92 Å². The zero-order chi connectivity index (χ0) is 17.6. The Morgan fingerprint density at radius 2 is 1.92 bits per heavy atom. The van der Waals surface area contributed by atoms with E-state index in [1.165, 1.54) is 6.07 Å². The van der Waals surface area contributed by atoms with Crippen LogP contribution in [0.4, 0.5) is 13.2 Å². The largest absolute Gasteiger partial charge is 0.416 e. The van der Waals surface area contributed by atoms with Crippen LogP contribution in [0.1, 0.15) is 24.0 Å². The summed E-state index contributed by atoms with van der Waals surface area (Å²) in [7, 11) is 1.57. The summed E-state index contributed by atoms with van der Waals surface area (Å²) in [6.07, 6.45) is -2.44. The van der Waals surface area contributed by atoms with Crippen molar-refractivity contribution in [1.82, 2.24) is 16.0 Å². The highest BCUT2D eigenvalue weighted by Gasteiger charge is 2.30. The summed E-state index contributed by atoms with van der Waals surface area (Å²) >= 11 is 0. The van der Waals surface area contributed by atoms with E-state index in [9.17, 15) is 18.0 Å². The van der Waals surface area contributed by atoms with E-state index >= 15 is 0 Å². The standard InChI is InChI=1S/C16H21F3N4O/c1-20-15(22-8-7-21-14(24)12-5-6-12)23-10-11-3-2-4-13(9-11)16(17,18)19/h2-4,9,12H,5-8,10H2,1H3,(H,21,24)(H2,20,22,23). The average molecular weight is 342 g/mol. The fraction of sp³-hybridized carbons (Fsp3) is 0.500. The summed E-state index contributed by atoms with van der Waals surface area (Å²) in [6.45, 7) is 1.18. The van der Waals surface area contributed by atoms with Crippen LogP contribution in [0.5, 0.6) is 0 Å². The van der Waals surface area contributed by atoms with E-state index in [1.54, 1.807) is 13.1 Å². The predicted octanol–water partition coefficient (Wildman–Crippen LogP) is 1.90. The minimum absolute atomic E-state index is 0.0729. The molecule has 2 rings (SSSR count). The van der Waals surface area contributed by atoms with Crippen LogP contribution in [0.3, 0.4) is 0 Å². The third kappa shape index (κ3) is 5.75. The summed E-state index contributed by atoms with van der Waals surface area (Å²) in [6, 6.07) is 5.14. The molecule has 1 aromatic rings. The van der Waals surface area contributed by atoms with E-state index in [-0.39, 0.29) is 18.4 Å². The molecule has 1 fully saturated rings. The van der Waals surface area contributed by atoms with E-state index in [0.717, 1.165) is 25.0 Å². The zero-order valence-electron chi connectivity index (χ0n) is 13.4. The number of alkyl halides is 3. The van der Waals surface area contributed by atoms with Gasteiger partial charge in [-0.15, -0.1) is 0 Å². The molecule has 0 heterocycles. The molecule has 0 aliphatic heterocycles. The summed E-state index contributed by atoms with van der Waals surface area (Å²) in [5, 5.41) is 8.76. The van der Waals surface area contributed by atoms with Gasteiger partial charge in [0.25, 0.3) is 0 Å². The van der Waals surface area contributed by atoms with Gasteiger partial charge < -0.3 is 16.0 Å². The molecule has 1 saturated carbocycles. The highest BCUT2D eigenvalue weighted by molar-refractivity contribution is 5.81. The SMILES string of the molecule is CN=C(NCCNC(=O)C1CC1)NCc1cccc(C(F)(F)F)c1. The lowest BCUT2D eigenvalue weighted by Crippen LogP contribution is -2.41. The van der Waals surface area contributed by atoms with Gasteiger partial charge in [0.15, 0.2) is 5.96 Å². The van der Waals surface area contributed by atoms with Crippen molar-refractivity contribution < 1.29 is 18.0 Å². The Balaban J connectivity index is 1.74. The van der Waals surface area contributed by atoms with Crippen LogP contribution in [0.2, 0.25) is 0 Å². The zero-order valence-corrected chi connectivity index (χ0v) is 13.4. The van der Waals surface area contributed by atoms with Crippen molar-refractivity contribution in [2.24, 2.45) is 10.9 Å². The molecule has 24 heavy (non-hydrogen) atoms. The molecule has 1 aliphatic rings. The molecule has 0 saturated heterocycles. The van der Waals surface area contributed by atoms with Gasteiger partial charge >= 0.3 is 6.18 Å². The van der Waals surface area contributed by atoms with Crippen molar-refractivity contribution in [3.8, 4) is 0 Å². The predicted molar refractivity (Wildman–Crippen MR) is 85.4 cm³/mol. The number of halogens is 3. The van der Waals surface area contributed by atoms with Crippen molar-refractivity contribution in [3.05, 3.63) is 35.4 Å². The molecule has 0 aromatic heterocycles. The smallest absolute Gasteiger partial charge is 0.355 e. The van der Waals surface area contributed by atoms with Crippen LogP contribution in [0.25, 0.3) is 0 Å². The second kappa shape index (κ2) is 8.03. The maximum Gasteiger partial charge on any atom is 0.416 e. The number of guanidine groups is 1. The number of hydrogen-bond donors (Lipinski definition) is 3. The fourth-order valence-electron chi connectivity index (χ4n) is 2.12. The van der Waals surface area contributed by atoms with Crippen LogP contribution in [-0.2, 0) is 17.5 Å². The quantitative estimate of drug-likeness (QED) is 0.420. The lowest BCUT2D eigenvalue weighted by molar-refractivity contribution is -0.137. The Kier molecular flexibility index (Phi) is 6.05. The molecule has 0 radical (unpaired) electrons. The average Bonchev–Trinajstić information content (AvgIpc) is 3.38. The summed E-state index contributed by atoms with van der Waals surface area (Å²) in [4.78, 5) is 15.5. The first-order valence-electron chi connectivity index (χ1n) is 7.78. The Bertz CT molecular complexity index is 597. The maximum atomic E-state index is 12.7. The van der Waals surface area contributed by atoms with Gasteiger partial charge in [0.05, 0.1) is 5.56 Å². The van der Waals surface area contributed by atoms with Crippen molar-refractivity contribution in [3.63, 3.8) is 0 Å². The Morgan fingerprint density at radius 3 is 2.54 bits per heavy atom. The molecule has 0 atom stereocenters. The molecule has 8 heteroatoms. The van der Waals surface area contributed by atoms with Crippen molar-refractivity contribution >= 4 is 11.9 Å². The molecular weight excluding hydrogens is 321 g/mol. The number of hydrogen-bond acceptors (Lipinski definition) is 2. The lowest BCUT2D eigenvalue weighted by atomic mass is 10.1. The normalized spacial score (nSPS) is 15.1. The third-order valence-electron chi connectivity index (χ3n) is 3.60. The minimum Gasteiger partial charge on any atom is -0.355 e. The van der Waals surface area contributed by atoms with Gasteiger partial charge in [-0.1, -0.05) is 12.1 Å². The number of rotatable bonds is 6. The van der Waals surface area contributed by atoms with Gasteiger partial charge in [-0.2, -0.15) is 13.2 Å². The molecule has 3 N–H and O–H groups in total. The monoisotopic (exact) mass is 342 g/mol. The first kappa shape index (κ1) is 18.1. The Hall–Kier alpha value is -2.25. The van der Waals surface area contributed by atoms with E-state index in [1.807, 2.05) is 0 Å². The first-order chi connectivity index (χ1) is 11.4. The van der Waals surface area contributed by atoms with Crippen molar-refractivity contribution in [1.29, 1.82) is 0 Å². The van der Waals surface area contributed by atoms with Gasteiger partial charge in [0.1, 0.15) is 0 Å². The maximum absolute atomic E-state index is 12.7. The van der Waals surface area contributed by atoms with E-state index in [0.29, 0.717) is 24.6 Å². The molecule has 0 unspecified atom stereocenters. The number of nitrogens with zero attached hydrogens (tertiary/aromatic N) is 1. The fourth-order valence-corrected chi connectivity index (χ4v) is 2.12. The van der Waals surface area contributed by atoms with Gasteiger partial charge in [-0.25, -0.2) is 0 Å². The first-order valence-corrected chi connectivity index (χ1v) is 7.78. The number of amides is 1. The van der Waals surface area contributed by atoms with Crippen LogP contribution >= 0.6 is 0 Å². The van der Waals surface area contributed by atoms with Gasteiger partial charge in [0, 0.05) is 32.6 Å². The van der Waals surface area contributed by atoms with Crippen molar-refractivity contribution in [2.45, 2.75) is 25.6 Å². The Morgan fingerprint density at radius 1 is 1.21 bits per heavy atom. The second-order valence-electron chi connectivity index (χ2n) is 5.62. The molecule has 1 amide bonds. The van der Waals surface area contributed by atoms with Crippen LogP contribution < -0.4 is 16.0 Å². The molecule has 1 aromatic carbocycles. The molecule has 5 nitrogen and oxygen atoms in total. The van der Waals surface area contributed by atoms with Crippen LogP contribution in [-0.4, -0.2) is 32.0 Å². The van der Waals surface area contributed by atoms with Gasteiger partial charge in [-0.05, 0) is 30.5 Å². The molecule has 0 spiro atoms. The molecule has 132 valence electrons. The number of aliphatic imine (C=N–C) groups is 1. The number of carbonyl (C=O) groups is 1. The third-order valence-corrected chi connectivity index (χ3v) is 3.60. The highest BCUT2D eigenvalue weighted by Crippen LogP contribution is 2.29. The summed E-state index contributed by atoms with van der Waals surface area (Å²) < 4.78 is 38.0. The van der Waals surface area contributed by atoms with E-state index in [2.05, 4.69) is 20.9 Å². The van der Waals surface area contributed by atoms with Gasteiger partial charge in [-0.3, -0.25) is 9.79 Å². The minimum atomic E-state index is -4.35. The number of nitrogens with one attached hydrogen (secondary N) is 3. The number of benzene rings is 1. The molecule has 1 aliphatic carbocycles. The summed E-state index contributed by atoms with van der Waals surface area (Å²) in [5.41, 5.74) is -0.164. The summed E-state index contributed by atoms with van der Waals surface area (Å²) in [5.74, 6) is 0.708. The molecular formula is C16H21F3N4O. The number of carbonyl (C=O) groups excluding carboxylic acids is 1. The molecule has 0 bridgehead atoms.